The zero-order valence-electron chi connectivity index (χ0n) is 19.6. The van der Waals surface area contributed by atoms with Crippen molar-refractivity contribution in [2.75, 3.05) is 48.6 Å². The fourth-order valence-electron chi connectivity index (χ4n) is 3.36. The number of nitrogens with zero attached hydrogens (tertiary/aromatic N) is 3. The summed E-state index contributed by atoms with van der Waals surface area (Å²) < 4.78 is 17.0. The summed E-state index contributed by atoms with van der Waals surface area (Å²) in [4.78, 5) is 11.5. The summed E-state index contributed by atoms with van der Waals surface area (Å²) in [6, 6.07) is 11.7. The first-order valence-electron chi connectivity index (χ1n) is 11.1. The Bertz CT molecular complexity index is 1160. The molecule has 0 aliphatic heterocycles. The zero-order chi connectivity index (χ0) is 25.4. The molecular weight excluding hydrogens is 489 g/mol. The number of hydrogen-bond donors (Lipinski definition) is 5. The number of aromatic nitrogens is 2. The molecule has 0 amide bonds. The summed E-state index contributed by atoms with van der Waals surface area (Å²) in [5, 5.41) is 21.0. The number of nitrogens with one attached hydrogen (secondary N) is 3. The van der Waals surface area contributed by atoms with Crippen LogP contribution in [0.2, 0.25) is 5.02 Å². The first-order valence-corrected chi connectivity index (χ1v) is 12.3. The zero-order valence-corrected chi connectivity index (χ0v) is 21.2. The van der Waals surface area contributed by atoms with E-state index in [1.54, 1.807) is 13.0 Å². The lowest BCUT2D eigenvalue weighted by molar-refractivity contribution is 0.206. The molecule has 2 aromatic carbocycles. The maximum atomic E-state index is 13.9. The molecule has 35 heavy (non-hydrogen) atoms. The Kier molecular flexibility index (Phi) is 9.67. The molecule has 0 fully saturated rings. The number of aliphatic hydroxyl groups is 1. The second kappa shape index (κ2) is 12.7. The predicted octanol–water partition coefficient (Wildman–Crippen LogP) is 4.75. The van der Waals surface area contributed by atoms with Crippen molar-refractivity contribution >= 4 is 46.6 Å². The Hall–Kier alpha value is -2.92. The van der Waals surface area contributed by atoms with Crippen LogP contribution in [-0.2, 0) is 0 Å². The van der Waals surface area contributed by atoms with Gasteiger partial charge in [-0.3, -0.25) is 4.90 Å². The van der Waals surface area contributed by atoms with Gasteiger partial charge in [0.2, 0.25) is 0 Å². The van der Waals surface area contributed by atoms with Gasteiger partial charge in [-0.25, -0.2) is 14.4 Å². The number of rotatable bonds is 12. The second-order valence-corrected chi connectivity index (χ2v) is 9.01. The summed E-state index contributed by atoms with van der Waals surface area (Å²) in [5.41, 5.74) is 8.44. The molecule has 6 N–H and O–H groups in total. The number of nitrogens with two attached hydrogens (primary N) is 1. The first kappa shape index (κ1) is 26.7. The van der Waals surface area contributed by atoms with Crippen LogP contribution >= 0.6 is 23.5 Å². The molecule has 0 radical (unpaired) electrons. The molecule has 3 rings (SSSR count). The molecule has 8 nitrogen and oxygen atoms in total. The van der Waals surface area contributed by atoms with E-state index in [0.29, 0.717) is 46.8 Å². The van der Waals surface area contributed by atoms with E-state index >= 15 is 0 Å². The minimum atomic E-state index is -0.354. The maximum Gasteiger partial charge on any atom is 0.163 e. The van der Waals surface area contributed by atoms with Gasteiger partial charge in [-0.1, -0.05) is 18.5 Å². The number of likely N-dealkylation sites (N-methyl/N-ethyl adjacent to an activating group) is 1. The maximum absolute atomic E-state index is 13.9. The van der Waals surface area contributed by atoms with Gasteiger partial charge in [-0.2, -0.15) is 0 Å². The number of benzene rings is 2. The van der Waals surface area contributed by atoms with Gasteiger partial charge >= 0.3 is 0 Å². The van der Waals surface area contributed by atoms with Crippen molar-refractivity contribution in [1.29, 1.82) is 5.41 Å². The SMILES string of the molecule is CCN(CCO)CCNc1nc(-c2ccc(NSc3cc(Cl)ccc3F)cc2)nc(N)c1C(C)=N. The summed E-state index contributed by atoms with van der Waals surface area (Å²) in [5.74, 6) is 0.793. The third-order valence-corrected chi connectivity index (χ3v) is 6.32. The lowest BCUT2D eigenvalue weighted by Crippen LogP contribution is -2.31. The highest BCUT2D eigenvalue weighted by atomic mass is 35.5. The van der Waals surface area contributed by atoms with Crippen molar-refractivity contribution in [3.8, 4) is 11.4 Å². The van der Waals surface area contributed by atoms with E-state index in [0.717, 1.165) is 29.7 Å². The Morgan fingerprint density at radius 3 is 2.60 bits per heavy atom. The van der Waals surface area contributed by atoms with Gasteiger partial charge in [0.1, 0.15) is 17.5 Å². The second-order valence-electron chi connectivity index (χ2n) is 7.72. The lowest BCUT2D eigenvalue weighted by atomic mass is 10.1. The normalized spacial score (nSPS) is 11.0. The molecule has 1 aromatic heterocycles. The highest BCUT2D eigenvalue weighted by Gasteiger charge is 2.16. The van der Waals surface area contributed by atoms with Gasteiger partial charge in [0.15, 0.2) is 5.82 Å². The average Bonchev–Trinajstić information content (AvgIpc) is 2.83. The van der Waals surface area contributed by atoms with Crippen LogP contribution in [0.15, 0.2) is 47.4 Å². The third kappa shape index (κ3) is 7.28. The van der Waals surface area contributed by atoms with E-state index < -0.39 is 0 Å². The van der Waals surface area contributed by atoms with Gasteiger partial charge in [0, 0.05) is 41.6 Å². The quantitative estimate of drug-likeness (QED) is 0.172. The van der Waals surface area contributed by atoms with Crippen LogP contribution in [0.5, 0.6) is 0 Å². The number of hydrogen-bond acceptors (Lipinski definition) is 9. The van der Waals surface area contributed by atoms with Crippen molar-refractivity contribution in [2.45, 2.75) is 18.7 Å². The highest BCUT2D eigenvalue weighted by molar-refractivity contribution is 8.00. The topological polar surface area (TPSA) is 123 Å². The van der Waals surface area contributed by atoms with Gasteiger partial charge in [0.05, 0.1) is 17.1 Å². The average molecular weight is 518 g/mol. The van der Waals surface area contributed by atoms with Crippen LogP contribution in [0, 0.1) is 11.2 Å². The molecule has 0 atom stereocenters. The molecule has 0 unspecified atom stereocenters. The standard InChI is InChI=1S/C24H29ClFN7OS/c1-3-33(12-13-34)11-10-29-24-21(15(2)27)22(28)30-23(31-24)16-4-7-18(8-5-16)32-35-20-14-17(25)6-9-19(20)26/h4-9,14,27,32,34H,3,10-13H2,1-2H3,(H3,28,29,30,31). The van der Waals surface area contributed by atoms with Crippen LogP contribution in [0.1, 0.15) is 19.4 Å². The Morgan fingerprint density at radius 1 is 1.20 bits per heavy atom. The van der Waals surface area contributed by atoms with Crippen LogP contribution in [0.3, 0.4) is 0 Å². The Balaban J connectivity index is 1.75. The van der Waals surface area contributed by atoms with Crippen molar-refractivity contribution in [3.05, 3.63) is 58.9 Å². The minimum Gasteiger partial charge on any atom is -0.395 e. The van der Waals surface area contributed by atoms with Crippen molar-refractivity contribution in [3.63, 3.8) is 0 Å². The van der Waals surface area contributed by atoms with Gasteiger partial charge in [0.25, 0.3) is 0 Å². The van der Waals surface area contributed by atoms with Crippen LogP contribution in [0.4, 0.5) is 21.7 Å². The lowest BCUT2D eigenvalue weighted by Gasteiger charge is -2.20. The van der Waals surface area contributed by atoms with E-state index in [2.05, 4.69) is 24.9 Å². The van der Waals surface area contributed by atoms with E-state index in [1.807, 2.05) is 31.2 Å². The number of aliphatic hydroxyl groups excluding tert-OH is 1. The molecule has 0 saturated carbocycles. The first-order chi connectivity index (χ1) is 16.8. The van der Waals surface area contributed by atoms with E-state index in [-0.39, 0.29) is 24.0 Å². The minimum absolute atomic E-state index is 0.0979. The number of halogens is 2. The molecular formula is C24H29ClFN7OS. The summed E-state index contributed by atoms with van der Waals surface area (Å²) in [7, 11) is 0. The summed E-state index contributed by atoms with van der Waals surface area (Å²) >= 11 is 7.08. The Labute approximate surface area is 213 Å². The third-order valence-electron chi connectivity index (χ3n) is 5.21. The van der Waals surface area contributed by atoms with Crippen molar-refractivity contribution in [1.82, 2.24) is 14.9 Å². The van der Waals surface area contributed by atoms with Gasteiger partial charge < -0.3 is 26.3 Å². The Morgan fingerprint density at radius 2 is 1.94 bits per heavy atom. The molecule has 0 bridgehead atoms. The fraction of sp³-hybridized carbons (Fsp3) is 0.292. The van der Waals surface area contributed by atoms with Crippen molar-refractivity contribution < 1.29 is 9.50 Å². The van der Waals surface area contributed by atoms with Gasteiger partial charge in [-0.15, -0.1) is 0 Å². The van der Waals surface area contributed by atoms with Crippen LogP contribution < -0.4 is 15.8 Å². The highest BCUT2D eigenvalue weighted by Crippen LogP contribution is 2.29. The monoisotopic (exact) mass is 517 g/mol. The number of nitrogen functional groups attached to an aromatic ring is 1. The molecule has 11 heteroatoms. The summed E-state index contributed by atoms with van der Waals surface area (Å²) in [6.45, 7) is 6.47. The van der Waals surface area contributed by atoms with Gasteiger partial charge in [-0.05, 0) is 67.9 Å². The predicted molar refractivity (Wildman–Crippen MR) is 143 cm³/mol. The van der Waals surface area contributed by atoms with Crippen LogP contribution in [-0.4, -0.2) is 58.5 Å². The fourth-order valence-corrected chi connectivity index (χ4v) is 4.32. The molecule has 0 spiro atoms. The van der Waals surface area contributed by atoms with E-state index in [1.165, 1.54) is 12.1 Å². The van der Waals surface area contributed by atoms with Crippen molar-refractivity contribution in [2.24, 2.45) is 0 Å². The molecule has 0 aliphatic rings. The number of anilines is 3. The largest absolute Gasteiger partial charge is 0.395 e. The molecule has 3 aromatic rings. The van der Waals surface area contributed by atoms with E-state index in [4.69, 9.17) is 22.7 Å². The molecule has 186 valence electrons. The van der Waals surface area contributed by atoms with E-state index in [9.17, 15) is 9.50 Å². The summed E-state index contributed by atoms with van der Waals surface area (Å²) in [6.07, 6.45) is 0. The van der Waals surface area contributed by atoms with Crippen LogP contribution in [0.25, 0.3) is 11.4 Å². The smallest absolute Gasteiger partial charge is 0.163 e. The molecule has 1 heterocycles. The molecule has 0 saturated heterocycles. The molecule has 0 aliphatic carbocycles.